The standard InChI is InChI=1S/C17H12N2/c18-19-17(14-8-2-1-3-9-14)16-12-6-10-13-7-4-5-11-15(13)16/h1-12H. The molecule has 0 aliphatic heterocycles. The third kappa shape index (κ3) is 2.05. The van der Waals surface area contributed by atoms with Crippen LogP contribution in [0.2, 0.25) is 0 Å². The van der Waals surface area contributed by atoms with E-state index >= 15 is 0 Å². The third-order valence-electron chi connectivity index (χ3n) is 3.19. The van der Waals surface area contributed by atoms with Gasteiger partial charge in [-0.15, -0.1) is 0 Å². The van der Waals surface area contributed by atoms with Gasteiger partial charge in [-0.05, 0) is 29.0 Å². The second-order valence-corrected chi connectivity index (χ2v) is 4.34. The molecule has 90 valence electrons. The van der Waals surface area contributed by atoms with Gasteiger partial charge in [0, 0.05) is 0 Å². The van der Waals surface area contributed by atoms with Gasteiger partial charge in [0.25, 0.3) is 0 Å². The number of nitrogens with zero attached hydrogens (tertiary/aromatic N) is 2. The van der Waals surface area contributed by atoms with Crippen LogP contribution >= 0.6 is 0 Å². The third-order valence-corrected chi connectivity index (χ3v) is 3.19. The van der Waals surface area contributed by atoms with Gasteiger partial charge in [-0.3, -0.25) is 0 Å². The molecule has 0 saturated heterocycles. The highest BCUT2D eigenvalue weighted by molar-refractivity contribution is 6.16. The smallest absolute Gasteiger partial charge is 0.330 e. The summed E-state index contributed by atoms with van der Waals surface area (Å²) in [5.74, 6) is 0. The first-order valence-electron chi connectivity index (χ1n) is 6.16. The number of benzene rings is 3. The van der Waals surface area contributed by atoms with Crippen LogP contribution < -0.4 is 0 Å². The van der Waals surface area contributed by atoms with Crippen LogP contribution in [0.5, 0.6) is 0 Å². The number of hydrogen-bond donors (Lipinski definition) is 0. The summed E-state index contributed by atoms with van der Waals surface area (Å²) in [5.41, 5.74) is 11.8. The predicted molar refractivity (Wildman–Crippen MR) is 77.2 cm³/mol. The molecule has 0 aliphatic carbocycles. The average Bonchev–Trinajstić information content (AvgIpc) is 2.49. The molecule has 0 aromatic heterocycles. The van der Waals surface area contributed by atoms with E-state index in [0.29, 0.717) is 5.71 Å². The zero-order chi connectivity index (χ0) is 13.1. The van der Waals surface area contributed by atoms with Crippen molar-refractivity contribution in [1.29, 1.82) is 0 Å². The maximum absolute atomic E-state index is 9.38. The SMILES string of the molecule is [N-]=[N+]=C(c1ccccc1)c1cccc2ccccc12. The van der Waals surface area contributed by atoms with Gasteiger partial charge in [-0.25, -0.2) is 0 Å². The summed E-state index contributed by atoms with van der Waals surface area (Å²) >= 11 is 0. The Morgan fingerprint density at radius 3 is 2.21 bits per heavy atom. The fourth-order valence-electron chi connectivity index (χ4n) is 2.30. The van der Waals surface area contributed by atoms with Crippen molar-refractivity contribution in [3.8, 4) is 0 Å². The molecule has 0 bridgehead atoms. The number of hydrogen-bond acceptors (Lipinski definition) is 0. The first-order valence-corrected chi connectivity index (χ1v) is 6.16. The lowest BCUT2D eigenvalue weighted by atomic mass is 9.97. The monoisotopic (exact) mass is 244 g/mol. The van der Waals surface area contributed by atoms with Crippen LogP contribution in [0.25, 0.3) is 16.3 Å². The maximum atomic E-state index is 9.38. The molecule has 3 aromatic carbocycles. The molecule has 2 heteroatoms. The van der Waals surface area contributed by atoms with Crippen LogP contribution in [0, 0.1) is 0 Å². The van der Waals surface area contributed by atoms with Crippen molar-refractivity contribution in [2.45, 2.75) is 0 Å². The van der Waals surface area contributed by atoms with Crippen LogP contribution in [0.4, 0.5) is 0 Å². The van der Waals surface area contributed by atoms with E-state index in [1.165, 1.54) is 0 Å². The Kier molecular flexibility index (Phi) is 2.93. The number of fused-ring (bicyclic) bond motifs is 1. The fraction of sp³-hybridized carbons (Fsp3) is 0. The summed E-state index contributed by atoms with van der Waals surface area (Å²) < 4.78 is 0. The Morgan fingerprint density at radius 2 is 1.42 bits per heavy atom. The molecule has 3 rings (SSSR count). The topological polar surface area (TPSA) is 36.4 Å². The Labute approximate surface area is 111 Å². The molecule has 0 saturated carbocycles. The minimum absolute atomic E-state index is 0.595. The van der Waals surface area contributed by atoms with Crippen molar-refractivity contribution in [3.63, 3.8) is 0 Å². The van der Waals surface area contributed by atoms with Gasteiger partial charge in [0.15, 0.2) is 0 Å². The zero-order valence-electron chi connectivity index (χ0n) is 10.3. The van der Waals surface area contributed by atoms with Gasteiger partial charge in [0.1, 0.15) is 0 Å². The normalized spacial score (nSPS) is 10.1. The molecule has 0 heterocycles. The van der Waals surface area contributed by atoms with Crippen molar-refractivity contribution in [2.24, 2.45) is 0 Å². The lowest BCUT2D eigenvalue weighted by Gasteiger charge is -2.03. The molecule has 0 spiro atoms. The molecule has 0 atom stereocenters. The molecule has 3 aromatic rings. The molecule has 19 heavy (non-hydrogen) atoms. The van der Waals surface area contributed by atoms with E-state index in [9.17, 15) is 5.53 Å². The van der Waals surface area contributed by atoms with Crippen LogP contribution in [0.1, 0.15) is 11.1 Å². The van der Waals surface area contributed by atoms with Crippen molar-refractivity contribution in [3.05, 3.63) is 89.5 Å². The van der Waals surface area contributed by atoms with Gasteiger partial charge in [0.2, 0.25) is 0 Å². The van der Waals surface area contributed by atoms with E-state index in [0.717, 1.165) is 21.9 Å². The van der Waals surface area contributed by atoms with Crippen molar-refractivity contribution < 1.29 is 4.79 Å². The Balaban J connectivity index is 2.27. The van der Waals surface area contributed by atoms with Crippen LogP contribution in [-0.4, -0.2) is 10.5 Å². The summed E-state index contributed by atoms with van der Waals surface area (Å²) in [4.78, 5) is 3.50. The van der Waals surface area contributed by atoms with Gasteiger partial charge in [-0.1, -0.05) is 54.6 Å². The van der Waals surface area contributed by atoms with E-state index in [2.05, 4.69) is 16.9 Å². The molecule has 0 amide bonds. The second kappa shape index (κ2) is 4.89. The molecule has 0 N–H and O–H groups in total. The summed E-state index contributed by atoms with van der Waals surface area (Å²) in [6.45, 7) is 0. The summed E-state index contributed by atoms with van der Waals surface area (Å²) in [5, 5.41) is 2.22. The largest absolute Gasteiger partial charge is 0.361 e. The summed E-state index contributed by atoms with van der Waals surface area (Å²) in [6, 6.07) is 23.8. The Morgan fingerprint density at radius 1 is 0.737 bits per heavy atom. The highest BCUT2D eigenvalue weighted by Crippen LogP contribution is 2.21. The van der Waals surface area contributed by atoms with E-state index in [1.807, 2.05) is 60.7 Å². The minimum Gasteiger partial charge on any atom is -0.361 e. The van der Waals surface area contributed by atoms with E-state index in [1.54, 1.807) is 0 Å². The lowest BCUT2D eigenvalue weighted by molar-refractivity contribution is -0.00267. The molecular formula is C17H12N2. The van der Waals surface area contributed by atoms with Gasteiger partial charge < -0.3 is 5.53 Å². The first-order chi connectivity index (χ1) is 9.40. The van der Waals surface area contributed by atoms with Crippen LogP contribution in [-0.2, 0) is 0 Å². The molecular weight excluding hydrogens is 232 g/mol. The minimum atomic E-state index is 0.595. The molecule has 2 nitrogen and oxygen atoms in total. The van der Waals surface area contributed by atoms with E-state index < -0.39 is 0 Å². The lowest BCUT2D eigenvalue weighted by Crippen LogP contribution is -2.05. The van der Waals surface area contributed by atoms with Gasteiger partial charge in [-0.2, -0.15) is 4.79 Å². The van der Waals surface area contributed by atoms with E-state index in [-0.39, 0.29) is 0 Å². The molecule has 0 unspecified atom stereocenters. The van der Waals surface area contributed by atoms with Gasteiger partial charge in [0.05, 0.1) is 11.1 Å². The quantitative estimate of drug-likeness (QED) is 0.372. The fourth-order valence-corrected chi connectivity index (χ4v) is 2.30. The molecule has 0 aliphatic rings. The maximum Gasteiger partial charge on any atom is 0.330 e. The van der Waals surface area contributed by atoms with Crippen LogP contribution in [0.15, 0.2) is 72.8 Å². The van der Waals surface area contributed by atoms with Crippen molar-refractivity contribution >= 4 is 16.5 Å². The second-order valence-electron chi connectivity index (χ2n) is 4.34. The van der Waals surface area contributed by atoms with Crippen molar-refractivity contribution in [1.82, 2.24) is 0 Å². The average molecular weight is 244 g/mol. The predicted octanol–water partition coefficient (Wildman–Crippen LogP) is 3.91. The Hall–Kier alpha value is -2.70. The van der Waals surface area contributed by atoms with Crippen LogP contribution in [0.3, 0.4) is 0 Å². The highest BCUT2D eigenvalue weighted by Gasteiger charge is 2.17. The molecule has 0 fully saturated rings. The summed E-state index contributed by atoms with van der Waals surface area (Å²) in [6.07, 6.45) is 0. The highest BCUT2D eigenvalue weighted by atomic mass is 14.9. The van der Waals surface area contributed by atoms with Crippen molar-refractivity contribution in [2.75, 3.05) is 0 Å². The molecule has 0 radical (unpaired) electrons. The number of rotatable bonds is 2. The first kappa shape index (κ1) is 11.4. The van der Waals surface area contributed by atoms with E-state index in [4.69, 9.17) is 0 Å². The zero-order valence-corrected chi connectivity index (χ0v) is 10.3. The Bertz CT molecular complexity index is 764. The van der Waals surface area contributed by atoms with Gasteiger partial charge >= 0.3 is 5.71 Å². The summed E-state index contributed by atoms with van der Waals surface area (Å²) in [7, 11) is 0.